The fourth-order valence-corrected chi connectivity index (χ4v) is 2.24. The van der Waals surface area contributed by atoms with E-state index in [4.69, 9.17) is 6.42 Å². The zero-order valence-corrected chi connectivity index (χ0v) is 10.8. The zero-order valence-electron chi connectivity index (χ0n) is 10.8. The minimum absolute atomic E-state index is 0.995. The first-order chi connectivity index (χ1) is 8.86. The molecule has 2 rings (SSSR count). The number of unbranched alkanes of at least 4 members (excludes halogenated alkanes) is 1. The van der Waals surface area contributed by atoms with Crippen molar-refractivity contribution in [3.05, 3.63) is 59.7 Å². The predicted octanol–water partition coefficient (Wildman–Crippen LogP) is 4.68. The van der Waals surface area contributed by atoms with Crippen LogP contribution in [-0.2, 0) is 6.42 Å². The van der Waals surface area contributed by atoms with Crippen LogP contribution in [0.1, 0.15) is 30.9 Å². The summed E-state index contributed by atoms with van der Waals surface area (Å²) in [6.07, 6.45) is 9.13. The first-order valence-electron chi connectivity index (χ1n) is 6.50. The number of hydrogen-bond donors (Lipinski definition) is 0. The highest BCUT2D eigenvalue weighted by molar-refractivity contribution is 5.74. The van der Waals surface area contributed by atoms with Gasteiger partial charge in [-0.05, 0) is 30.0 Å². The fraction of sp³-hybridized carbons (Fsp3) is 0.222. The van der Waals surface area contributed by atoms with Gasteiger partial charge in [-0.15, -0.1) is 6.42 Å². The van der Waals surface area contributed by atoms with Gasteiger partial charge in [0.15, 0.2) is 0 Å². The van der Waals surface area contributed by atoms with Crippen molar-refractivity contribution in [2.24, 2.45) is 0 Å². The molecule has 0 fully saturated rings. The van der Waals surface area contributed by atoms with Gasteiger partial charge in [-0.3, -0.25) is 0 Å². The van der Waals surface area contributed by atoms with Crippen molar-refractivity contribution in [3.8, 4) is 23.5 Å². The lowest BCUT2D eigenvalue weighted by Gasteiger charge is -2.12. The maximum atomic E-state index is 5.64. The van der Waals surface area contributed by atoms with E-state index in [0.29, 0.717) is 0 Å². The van der Waals surface area contributed by atoms with Crippen molar-refractivity contribution in [1.82, 2.24) is 0 Å². The molecule has 0 nitrogen and oxygen atoms in total. The van der Waals surface area contributed by atoms with Gasteiger partial charge in [0.05, 0.1) is 0 Å². The molecule has 0 aliphatic rings. The predicted molar refractivity (Wildman–Crippen MR) is 78.4 cm³/mol. The monoisotopic (exact) mass is 234 g/mol. The molecular formula is C18H18. The quantitative estimate of drug-likeness (QED) is 0.674. The molecule has 0 heteroatoms. The van der Waals surface area contributed by atoms with Crippen molar-refractivity contribution < 1.29 is 0 Å². The summed E-state index contributed by atoms with van der Waals surface area (Å²) in [6, 6.07) is 16.7. The number of aryl methyl sites for hydroxylation is 1. The molecule has 0 saturated carbocycles. The summed E-state index contributed by atoms with van der Waals surface area (Å²) in [5.74, 6) is 2.81. The molecule has 2 aromatic rings. The third-order valence-corrected chi connectivity index (χ3v) is 3.17. The second-order valence-corrected chi connectivity index (χ2v) is 4.45. The molecule has 0 N–H and O–H groups in total. The normalized spacial score (nSPS) is 10.0. The lowest BCUT2D eigenvalue weighted by molar-refractivity contribution is 0.796. The smallest absolute Gasteiger partial charge is 0.0323 e. The Labute approximate surface area is 110 Å². The van der Waals surface area contributed by atoms with Gasteiger partial charge in [0.25, 0.3) is 0 Å². The Morgan fingerprint density at radius 3 is 2.44 bits per heavy atom. The van der Waals surface area contributed by atoms with Crippen LogP contribution in [0.25, 0.3) is 11.1 Å². The Kier molecular flexibility index (Phi) is 4.20. The molecule has 0 saturated heterocycles. The molecule has 0 spiro atoms. The van der Waals surface area contributed by atoms with Crippen molar-refractivity contribution in [2.75, 3.05) is 0 Å². The van der Waals surface area contributed by atoms with Crippen molar-refractivity contribution in [3.63, 3.8) is 0 Å². The number of hydrogen-bond acceptors (Lipinski definition) is 0. The maximum absolute atomic E-state index is 5.64. The fourth-order valence-electron chi connectivity index (χ4n) is 2.24. The average Bonchev–Trinajstić information content (AvgIpc) is 2.45. The highest BCUT2D eigenvalue weighted by Crippen LogP contribution is 2.28. The van der Waals surface area contributed by atoms with E-state index in [2.05, 4.69) is 49.2 Å². The Morgan fingerprint density at radius 2 is 1.78 bits per heavy atom. The molecule has 0 radical (unpaired) electrons. The first kappa shape index (κ1) is 12.5. The van der Waals surface area contributed by atoms with E-state index < -0.39 is 0 Å². The van der Waals surface area contributed by atoms with E-state index >= 15 is 0 Å². The van der Waals surface area contributed by atoms with Crippen LogP contribution in [0.2, 0.25) is 0 Å². The molecule has 0 amide bonds. The van der Waals surface area contributed by atoms with E-state index in [9.17, 15) is 0 Å². The first-order valence-corrected chi connectivity index (χ1v) is 6.50. The van der Waals surface area contributed by atoms with Gasteiger partial charge in [-0.25, -0.2) is 0 Å². The lowest BCUT2D eigenvalue weighted by atomic mass is 9.92. The summed E-state index contributed by atoms with van der Waals surface area (Å²) in [6.45, 7) is 2.22. The van der Waals surface area contributed by atoms with Gasteiger partial charge in [0, 0.05) is 11.1 Å². The van der Waals surface area contributed by atoms with E-state index in [1.54, 1.807) is 0 Å². The van der Waals surface area contributed by atoms with Gasteiger partial charge in [0.2, 0.25) is 0 Å². The zero-order chi connectivity index (χ0) is 12.8. The molecule has 2 aromatic carbocycles. The summed E-state index contributed by atoms with van der Waals surface area (Å²) in [5.41, 5.74) is 4.81. The Morgan fingerprint density at radius 1 is 1.00 bits per heavy atom. The van der Waals surface area contributed by atoms with Gasteiger partial charge < -0.3 is 0 Å². The Balaban J connectivity index is 2.52. The van der Waals surface area contributed by atoms with Crippen LogP contribution in [0.4, 0.5) is 0 Å². The maximum Gasteiger partial charge on any atom is 0.0323 e. The SMILES string of the molecule is C#Cc1cccc(CCCC)c1-c1ccccc1. The molecule has 0 unspecified atom stereocenters. The van der Waals surface area contributed by atoms with Crippen LogP contribution in [0.3, 0.4) is 0 Å². The van der Waals surface area contributed by atoms with Crippen LogP contribution >= 0.6 is 0 Å². The standard InChI is InChI=1S/C18H18/c1-3-5-10-16-14-9-13-15(4-2)18(16)17-11-7-6-8-12-17/h2,6-9,11-14H,3,5,10H2,1H3. The van der Waals surface area contributed by atoms with E-state index in [0.717, 1.165) is 12.0 Å². The molecule has 0 bridgehead atoms. The molecule has 0 atom stereocenters. The third-order valence-electron chi connectivity index (χ3n) is 3.17. The van der Waals surface area contributed by atoms with Gasteiger partial charge in [0.1, 0.15) is 0 Å². The minimum atomic E-state index is 0.995. The largest absolute Gasteiger partial charge is 0.115 e. The lowest BCUT2D eigenvalue weighted by Crippen LogP contribution is -1.93. The summed E-state index contributed by atoms with van der Waals surface area (Å²) < 4.78 is 0. The van der Waals surface area contributed by atoms with Crippen LogP contribution in [0.5, 0.6) is 0 Å². The number of terminal acetylenes is 1. The van der Waals surface area contributed by atoms with Gasteiger partial charge in [-0.1, -0.05) is 61.7 Å². The molecule has 0 heterocycles. The van der Waals surface area contributed by atoms with Crippen molar-refractivity contribution in [2.45, 2.75) is 26.2 Å². The second kappa shape index (κ2) is 6.07. The molecular weight excluding hydrogens is 216 g/mol. The minimum Gasteiger partial charge on any atom is -0.115 e. The molecule has 0 aromatic heterocycles. The Hall–Kier alpha value is -2.00. The molecule has 18 heavy (non-hydrogen) atoms. The second-order valence-electron chi connectivity index (χ2n) is 4.45. The highest BCUT2D eigenvalue weighted by atomic mass is 14.1. The molecule has 0 aliphatic carbocycles. The van der Waals surface area contributed by atoms with E-state index in [1.165, 1.54) is 29.5 Å². The topological polar surface area (TPSA) is 0 Å². The van der Waals surface area contributed by atoms with E-state index in [1.807, 2.05) is 12.1 Å². The number of rotatable bonds is 4. The van der Waals surface area contributed by atoms with Gasteiger partial charge in [-0.2, -0.15) is 0 Å². The van der Waals surface area contributed by atoms with Crippen LogP contribution < -0.4 is 0 Å². The average molecular weight is 234 g/mol. The van der Waals surface area contributed by atoms with Crippen molar-refractivity contribution >= 4 is 0 Å². The van der Waals surface area contributed by atoms with Crippen molar-refractivity contribution in [1.29, 1.82) is 0 Å². The summed E-state index contributed by atoms with van der Waals surface area (Å²) in [4.78, 5) is 0. The van der Waals surface area contributed by atoms with Crippen LogP contribution in [-0.4, -0.2) is 0 Å². The summed E-state index contributed by atoms with van der Waals surface area (Å²) in [7, 11) is 0. The van der Waals surface area contributed by atoms with E-state index in [-0.39, 0.29) is 0 Å². The highest BCUT2D eigenvalue weighted by Gasteiger charge is 2.08. The molecule has 0 aliphatic heterocycles. The van der Waals surface area contributed by atoms with Gasteiger partial charge >= 0.3 is 0 Å². The Bertz CT molecular complexity index is 544. The summed E-state index contributed by atoms with van der Waals surface area (Å²) >= 11 is 0. The number of benzene rings is 2. The molecule has 90 valence electrons. The third kappa shape index (κ3) is 2.63. The summed E-state index contributed by atoms with van der Waals surface area (Å²) in [5, 5.41) is 0. The van der Waals surface area contributed by atoms with Crippen LogP contribution in [0, 0.1) is 12.3 Å². The van der Waals surface area contributed by atoms with Crippen LogP contribution in [0.15, 0.2) is 48.5 Å².